The third-order valence-electron chi connectivity index (χ3n) is 3.26. The minimum Gasteiger partial charge on any atom is -0.388 e. The first-order chi connectivity index (χ1) is 7.85. The highest BCUT2D eigenvalue weighted by Crippen LogP contribution is 2.29. The van der Waals surface area contributed by atoms with Gasteiger partial charge in [0, 0.05) is 20.1 Å². The van der Waals surface area contributed by atoms with Gasteiger partial charge in [-0.3, -0.25) is 0 Å². The summed E-state index contributed by atoms with van der Waals surface area (Å²) in [7, 11) is 1.68. The van der Waals surface area contributed by atoms with Crippen molar-refractivity contribution >= 4 is 0 Å². The maximum atomic E-state index is 9.17. The molecular weight excluding hydrogens is 206 g/mol. The Labute approximate surface area is 95.4 Å². The van der Waals surface area contributed by atoms with E-state index < -0.39 is 0 Å². The van der Waals surface area contributed by atoms with Crippen molar-refractivity contribution in [3.8, 4) is 0 Å². The molecule has 5 nitrogen and oxygen atoms in total. The number of methoxy groups -OCH3 is 1. The quantitative estimate of drug-likeness (QED) is 0.776. The number of aliphatic hydroxyl groups is 1. The molecule has 1 aliphatic rings. The van der Waals surface area contributed by atoms with Crippen LogP contribution < -0.4 is 0 Å². The van der Waals surface area contributed by atoms with Gasteiger partial charge in [-0.05, 0) is 5.92 Å². The Bertz CT molecular complexity index is 334. The van der Waals surface area contributed by atoms with Crippen LogP contribution in [-0.4, -0.2) is 33.6 Å². The SMILES string of the molecule is COCCn1c(CO)nnc1CC1CCC1. The first kappa shape index (κ1) is 11.5. The fourth-order valence-electron chi connectivity index (χ4n) is 2.04. The number of ether oxygens (including phenoxy) is 1. The summed E-state index contributed by atoms with van der Waals surface area (Å²) in [6.07, 6.45) is 4.91. The first-order valence-corrected chi connectivity index (χ1v) is 5.86. The molecule has 0 bridgehead atoms. The molecular formula is C11H19N3O2. The van der Waals surface area contributed by atoms with Gasteiger partial charge in [0.15, 0.2) is 5.82 Å². The first-order valence-electron chi connectivity index (χ1n) is 5.86. The molecule has 0 saturated heterocycles. The highest BCUT2D eigenvalue weighted by molar-refractivity contribution is 4.97. The van der Waals surface area contributed by atoms with Crippen LogP contribution in [0.4, 0.5) is 0 Å². The van der Waals surface area contributed by atoms with E-state index in [1.807, 2.05) is 4.57 Å². The lowest BCUT2D eigenvalue weighted by molar-refractivity contribution is 0.180. The number of hydrogen-bond donors (Lipinski definition) is 1. The molecule has 5 heteroatoms. The van der Waals surface area contributed by atoms with Gasteiger partial charge >= 0.3 is 0 Å². The van der Waals surface area contributed by atoms with Gasteiger partial charge < -0.3 is 14.4 Å². The van der Waals surface area contributed by atoms with E-state index >= 15 is 0 Å². The maximum absolute atomic E-state index is 9.17. The lowest BCUT2D eigenvalue weighted by Crippen LogP contribution is -2.19. The smallest absolute Gasteiger partial charge is 0.158 e. The van der Waals surface area contributed by atoms with E-state index in [1.54, 1.807) is 7.11 Å². The predicted octanol–water partition coefficient (Wildman–Crippen LogP) is 0.759. The molecule has 1 saturated carbocycles. The van der Waals surface area contributed by atoms with Crippen molar-refractivity contribution in [1.82, 2.24) is 14.8 Å². The monoisotopic (exact) mass is 225 g/mol. The second kappa shape index (κ2) is 5.41. The Morgan fingerprint density at radius 3 is 2.69 bits per heavy atom. The van der Waals surface area contributed by atoms with E-state index in [1.165, 1.54) is 19.3 Å². The molecule has 0 spiro atoms. The molecule has 0 radical (unpaired) electrons. The minimum absolute atomic E-state index is 0.0542. The normalized spacial score (nSPS) is 16.4. The van der Waals surface area contributed by atoms with Crippen LogP contribution >= 0.6 is 0 Å². The van der Waals surface area contributed by atoms with E-state index in [0.29, 0.717) is 12.4 Å². The van der Waals surface area contributed by atoms with Crippen LogP contribution in [0.2, 0.25) is 0 Å². The summed E-state index contributed by atoms with van der Waals surface area (Å²) in [4.78, 5) is 0. The number of nitrogens with zero attached hydrogens (tertiary/aromatic N) is 3. The van der Waals surface area contributed by atoms with Gasteiger partial charge in [0.05, 0.1) is 6.61 Å². The van der Waals surface area contributed by atoms with Crippen molar-refractivity contribution in [3.63, 3.8) is 0 Å². The molecule has 1 aromatic heterocycles. The average molecular weight is 225 g/mol. The Morgan fingerprint density at radius 1 is 1.38 bits per heavy atom. The minimum atomic E-state index is -0.0542. The predicted molar refractivity (Wildman–Crippen MR) is 58.9 cm³/mol. The molecule has 1 fully saturated rings. The topological polar surface area (TPSA) is 60.2 Å². The van der Waals surface area contributed by atoms with Crippen LogP contribution in [0.1, 0.15) is 30.9 Å². The van der Waals surface area contributed by atoms with Crippen molar-refractivity contribution in [2.24, 2.45) is 5.92 Å². The number of hydrogen-bond acceptors (Lipinski definition) is 4. The highest BCUT2D eigenvalue weighted by atomic mass is 16.5. The van der Waals surface area contributed by atoms with Crippen molar-refractivity contribution < 1.29 is 9.84 Å². The van der Waals surface area contributed by atoms with E-state index in [9.17, 15) is 5.11 Å². The number of aromatic nitrogens is 3. The molecule has 0 aromatic carbocycles. The molecule has 0 atom stereocenters. The van der Waals surface area contributed by atoms with Crippen LogP contribution in [-0.2, 0) is 24.3 Å². The van der Waals surface area contributed by atoms with Gasteiger partial charge in [-0.15, -0.1) is 10.2 Å². The van der Waals surface area contributed by atoms with Crippen LogP contribution in [0.3, 0.4) is 0 Å². The zero-order valence-corrected chi connectivity index (χ0v) is 9.72. The van der Waals surface area contributed by atoms with Crippen LogP contribution in [0.15, 0.2) is 0 Å². The van der Waals surface area contributed by atoms with Crippen LogP contribution in [0.25, 0.3) is 0 Å². The standard InChI is InChI=1S/C11H19N3O2/c1-16-6-5-14-10(7-9-3-2-4-9)12-13-11(14)8-15/h9,15H,2-8H2,1H3. The third kappa shape index (κ3) is 2.41. The van der Waals surface area contributed by atoms with Gasteiger partial charge in [0.2, 0.25) is 0 Å². The summed E-state index contributed by atoms with van der Waals surface area (Å²) in [6.45, 7) is 1.30. The van der Waals surface area contributed by atoms with Gasteiger partial charge in [-0.1, -0.05) is 19.3 Å². The molecule has 1 aliphatic carbocycles. The molecule has 90 valence electrons. The summed E-state index contributed by atoms with van der Waals surface area (Å²) in [5.41, 5.74) is 0. The Morgan fingerprint density at radius 2 is 2.12 bits per heavy atom. The lowest BCUT2D eigenvalue weighted by Gasteiger charge is -2.24. The van der Waals surface area contributed by atoms with Crippen LogP contribution in [0.5, 0.6) is 0 Å². The van der Waals surface area contributed by atoms with Gasteiger partial charge in [-0.2, -0.15) is 0 Å². The Balaban J connectivity index is 2.05. The summed E-state index contributed by atoms with van der Waals surface area (Å²) in [5, 5.41) is 17.3. The lowest BCUT2D eigenvalue weighted by atomic mass is 9.83. The fraction of sp³-hybridized carbons (Fsp3) is 0.818. The molecule has 0 unspecified atom stereocenters. The van der Waals surface area contributed by atoms with Gasteiger partial charge in [-0.25, -0.2) is 0 Å². The summed E-state index contributed by atoms with van der Waals surface area (Å²) in [5.74, 6) is 2.40. The van der Waals surface area contributed by atoms with Crippen LogP contribution in [0, 0.1) is 5.92 Å². The summed E-state index contributed by atoms with van der Waals surface area (Å²) < 4.78 is 7.04. The van der Waals surface area contributed by atoms with E-state index in [0.717, 1.165) is 24.7 Å². The van der Waals surface area contributed by atoms with E-state index in [2.05, 4.69) is 10.2 Å². The molecule has 0 amide bonds. The van der Waals surface area contributed by atoms with Crippen molar-refractivity contribution in [1.29, 1.82) is 0 Å². The second-order valence-electron chi connectivity index (χ2n) is 4.34. The second-order valence-corrected chi connectivity index (χ2v) is 4.34. The molecule has 16 heavy (non-hydrogen) atoms. The highest BCUT2D eigenvalue weighted by Gasteiger charge is 2.21. The van der Waals surface area contributed by atoms with Crippen molar-refractivity contribution in [2.45, 2.75) is 38.8 Å². The van der Waals surface area contributed by atoms with Gasteiger partial charge in [0.25, 0.3) is 0 Å². The Kier molecular flexibility index (Phi) is 3.90. The number of rotatable bonds is 6. The summed E-state index contributed by atoms with van der Waals surface area (Å²) >= 11 is 0. The average Bonchev–Trinajstić information content (AvgIpc) is 2.62. The van der Waals surface area contributed by atoms with E-state index in [-0.39, 0.29) is 6.61 Å². The molecule has 1 aromatic rings. The zero-order chi connectivity index (χ0) is 11.4. The van der Waals surface area contributed by atoms with E-state index in [4.69, 9.17) is 4.74 Å². The zero-order valence-electron chi connectivity index (χ0n) is 9.72. The number of aliphatic hydroxyl groups excluding tert-OH is 1. The van der Waals surface area contributed by atoms with Crippen molar-refractivity contribution in [3.05, 3.63) is 11.6 Å². The maximum Gasteiger partial charge on any atom is 0.158 e. The molecule has 1 N–H and O–H groups in total. The largest absolute Gasteiger partial charge is 0.388 e. The van der Waals surface area contributed by atoms with Crippen molar-refractivity contribution in [2.75, 3.05) is 13.7 Å². The fourth-order valence-corrected chi connectivity index (χ4v) is 2.04. The van der Waals surface area contributed by atoms with Gasteiger partial charge in [0.1, 0.15) is 12.4 Å². The Hall–Kier alpha value is -0.940. The molecule has 1 heterocycles. The summed E-state index contributed by atoms with van der Waals surface area (Å²) in [6, 6.07) is 0. The molecule has 2 rings (SSSR count). The third-order valence-corrected chi connectivity index (χ3v) is 3.26. The molecule has 0 aliphatic heterocycles.